The molecule has 0 N–H and O–H groups in total. The Morgan fingerprint density at radius 1 is 0.423 bits per heavy atom. The van der Waals surface area contributed by atoms with E-state index in [1.165, 1.54) is 47.7 Å². The van der Waals surface area contributed by atoms with E-state index < -0.39 is 0 Å². The van der Waals surface area contributed by atoms with Crippen molar-refractivity contribution >= 4 is 92.3 Å². The summed E-state index contributed by atoms with van der Waals surface area (Å²) in [7, 11) is 0. The number of nitrogens with zero attached hydrogens (tertiary/aromatic N) is 2. The number of furan rings is 1. The van der Waals surface area contributed by atoms with Crippen molar-refractivity contribution in [1.82, 2.24) is 4.57 Å². The van der Waals surface area contributed by atoms with Gasteiger partial charge in [0.05, 0.1) is 21.4 Å². The van der Waals surface area contributed by atoms with Crippen molar-refractivity contribution in [3.05, 3.63) is 182 Å². The van der Waals surface area contributed by atoms with Gasteiger partial charge in [0.15, 0.2) is 0 Å². The molecule has 0 bridgehead atoms. The highest BCUT2D eigenvalue weighted by atomic mass is 32.1. The van der Waals surface area contributed by atoms with Gasteiger partial charge in [0.2, 0.25) is 0 Å². The van der Waals surface area contributed by atoms with Gasteiger partial charge in [-0.05, 0) is 83.9 Å². The standard InChI is InChI=1S/C48H30N2OS/c1-2-11-33(12-3-1)50-42-17-7-4-13-36(42)37-27-26-35(30-44(37)50)49(43-18-10-16-40-39-15-6-9-20-47(39)52-48(40)43)34-24-21-31(22-25-34)32-23-28-46-41(29-32)38-14-5-8-19-45(38)51-46/h1-30H. The Kier molecular flexibility index (Phi) is 6.42. The second kappa shape index (κ2) is 11.5. The predicted octanol–water partition coefficient (Wildman–Crippen LogP) is 14.2. The predicted molar refractivity (Wildman–Crippen MR) is 221 cm³/mol. The summed E-state index contributed by atoms with van der Waals surface area (Å²) in [6.45, 7) is 0. The second-order valence-electron chi connectivity index (χ2n) is 13.3. The molecular formula is C48H30N2OS. The Labute approximate surface area is 303 Å². The molecule has 0 radical (unpaired) electrons. The average molecular weight is 683 g/mol. The van der Waals surface area contributed by atoms with E-state index in [4.69, 9.17) is 4.42 Å². The second-order valence-corrected chi connectivity index (χ2v) is 14.4. The Hall–Kier alpha value is -6.62. The molecule has 0 fully saturated rings. The number of benzene rings is 8. The molecule has 0 atom stereocenters. The van der Waals surface area contributed by atoms with E-state index in [1.54, 1.807) is 0 Å². The molecule has 11 aromatic rings. The first-order chi connectivity index (χ1) is 25.8. The van der Waals surface area contributed by atoms with Crippen molar-refractivity contribution in [3.8, 4) is 16.8 Å². The van der Waals surface area contributed by atoms with E-state index in [-0.39, 0.29) is 0 Å². The monoisotopic (exact) mass is 682 g/mol. The van der Waals surface area contributed by atoms with Gasteiger partial charge in [-0.3, -0.25) is 0 Å². The van der Waals surface area contributed by atoms with Gasteiger partial charge in [0.1, 0.15) is 11.2 Å². The maximum Gasteiger partial charge on any atom is 0.135 e. The molecule has 0 saturated heterocycles. The summed E-state index contributed by atoms with van der Waals surface area (Å²) in [5.41, 5.74) is 11.1. The lowest BCUT2D eigenvalue weighted by Gasteiger charge is -2.26. The number of aromatic nitrogens is 1. The smallest absolute Gasteiger partial charge is 0.135 e. The van der Waals surface area contributed by atoms with Gasteiger partial charge in [0, 0.05) is 54.1 Å². The summed E-state index contributed by atoms with van der Waals surface area (Å²) in [5.74, 6) is 0. The first-order valence-corrected chi connectivity index (χ1v) is 18.4. The van der Waals surface area contributed by atoms with E-state index in [9.17, 15) is 0 Å². The molecule has 52 heavy (non-hydrogen) atoms. The zero-order valence-corrected chi connectivity index (χ0v) is 28.8. The molecule has 3 heterocycles. The fraction of sp³-hybridized carbons (Fsp3) is 0. The molecule has 11 rings (SSSR count). The van der Waals surface area contributed by atoms with Crippen molar-refractivity contribution in [2.45, 2.75) is 0 Å². The first kappa shape index (κ1) is 29.1. The fourth-order valence-corrected chi connectivity index (χ4v) is 9.20. The molecule has 0 spiro atoms. The minimum Gasteiger partial charge on any atom is -0.456 e. The summed E-state index contributed by atoms with van der Waals surface area (Å²) in [4.78, 5) is 2.43. The molecule has 0 amide bonds. The van der Waals surface area contributed by atoms with Gasteiger partial charge >= 0.3 is 0 Å². The molecule has 244 valence electrons. The number of rotatable bonds is 5. The van der Waals surface area contributed by atoms with Crippen LogP contribution in [0.2, 0.25) is 0 Å². The highest BCUT2D eigenvalue weighted by molar-refractivity contribution is 7.26. The minimum absolute atomic E-state index is 0.910. The Morgan fingerprint density at radius 2 is 1.10 bits per heavy atom. The van der Waals surface area contributed by atoms with Gasteiger partial charge in [-0.25, -0.2) is 0 Å². The van der Waals surface area contributed by atoms with Gasteiger partial charge in [-0.15, -0.1) is 11.3 Å². The first-order valence-electron chi connectivity index (χ1n) is 17.6. The molecule has 0 unspecified atom stereocenters. The lowest BCUT2D eigenvalue weighted by molar-refractivity contribution is 0.669. The lowest BCUT2D eigenvalue weighted by atomic mass is 10.0. The summed E-state index contributed by atoms with van der Waals surface area (Å²) in [6.07, 6.45) is 0. The van der Waals surface area contributed by atoms with Crippen molar-refractivity contribution in [2.75, 3.05) is 4.90 Å². The largest absolute Gasteiger partial charge is 0.456 e. The number of para-hydroxylation sites is 3. The van der Waals surface area contributed by atoms with Crippen molar-refractivity contribution < 1.29 is 4.42 Å². The molecule has 3 aromatic heterocycles. The van der Waals surface area contributed by atoms with E-state index in [0.29, 0.717) is 0 Å². The van der Waals surface area contributed by atoms with Crippen LogP contribution in [0.1, 0.15) is 0 Å². The van der Waals surface area contributed by atoms with Crippen LogP contribution in [0.25, 0.3) is 80.7 Å². The number of fused-ring (bicyclic) bond motifs is 9. The third-order valence-electron chi connectivity index (χ3n) is 10.4. The van der Waals surface area contributed by atoms with Crippen molar-refractivity contribution in [1.29, 1.82) is 0 Å². The lowest BCUT2D eigenvalue weighted by Crippen LogP contribution is -2.10. The van der Waals surface area contributed by atoms with Gasteiger partial charge in [-0.2, -0.15) is 0 Å². The van der Waals surface area contributed by atoms with E-state index in [2.05, 4.69) is 179 Å². The summed E-state index contributed by atoms with van der Waals surface area (Å²) >= 11 is 1.86. The van der Waals surface area contributed by atoms with Gasteiger partial charge in [0.25, 0.3) is 0 Å². The normalized spacial score (nSPS) is 11.8. The quantitative estimate of drug-likeness (QED) is 0.180. The summed E-state index contributed by atoms with van der Waals surface area (Å²) in [6, 6.07) is 65.6. The maximum absolute atomic E-state index is 6.13. The molecule has 0 aliphatic carbocycles. The third-order valence-corrected chi connectivity index (χ3v) is 11.6. The van der Waals surface area contributed by atoms with E-state index >= 15 is 0 Å². The maximum atomic E-state index is 6.13. The Balaban J connectivity index is 1.12. The highest BCUT2D eigenvalue weighted by Crippen LogP contribution is 2.46. The highest BCUT2D eigenvalue weighted by Gasteiger charge is 2.21. The summed E-state index contributed by atoms with van der Waals surface area (Å²) in [5, 5.41) is 7.33. The van der Waals surface area contributed by atoms with Crippen LogP contribution < -0.4 is 4.90 Å². The number of anilines is 3. The molecule has 0 saturated carbocycles. The average Bonchev–Trinajstić information content (AvgIpc) is 3.88. The number of thiophene rings is 1. The SMILES string of the molecule is c1ccc(-n2c3ccccc3c3ccc(N(c4ccc(-c5ccc6oc7ccccc7c6c5)cc4)c4cccc5c4sc4ccccc45)cc32)cc1. The van der Waals surface area contributed by atoms with Crippen LogP contribution in [-0.2, 0) is 0 Å². The van der Waals surface area contributed by atoms with Crippen LogP contribution in [0, 0.1) is 0 Å². The molecule has 0 aliphatic heterocycles. The molecule has 0 aliphatic rings. The number of hydrogen-bond acceptors (Lipinski definition) is 3. The van der Waals surface area contributed by atoms with Gasteiger partial charge in [-0.1, -0.05) is 109 Å². The topological polar surface area (TPSA) is 21.3 Å². The van der Waals surface area contributed by atoms with Crippen LogP contribution in [0.5, 0.6) is 0 Å². The van der Waals surface area contributed by atoms with Crippen LogP contribution in [0.3, 0.4) is 0 Å². The Bertz CT molecular complexity index is 3130. The zero-order chi connectivity index (χ0) is 34.2. The summed E-state index contributed by atoms with van der Waals surface area (Å²) < 4.78 is 11.1. The fourth-order valence-electron chi connectivity index (χ4n) is 8.00. The van der Waals surface area contributed by atoms with Crippen LogP contribution in [-0.4, -0.2) is 4.57 Å². The Morgan fingerprint density at radius 3 is 1.98 bits per heavy atom. The van der Waals surface area contributed by atoms with Crippen LogP contribution >= 0.6 is 11.3 Å². The number of hydrogen-bond donors (Lipinski definition) is 0. The van der Waals surface area contributed by atoms with E-state index in [0.717, 1.165) is 50.1 Å². The van der Waals surface area contributed by atoms with Crippen LogP contribution in [0.15, 0.2) is 186 Å². The zero-order valence-electron chi connectivity index (χ0n) is 28.0. The third kappa shape index (κ3) is 4.45. The van der Waals surface area contributed by atoms with Gasteiger partial charge < -0.3 is 13.9 Å². The molecule has 3 nitrogen and oxygen atoms in total. The molecular weight excluding hydrogens is 653 g/mol. The molecule has 4 heteroatoms. The van der Waals surface area contributed by atoms with Crippen molar-refractivity contribution in [3.63, 3.8) is 0 Å². The van der Waals surface area contributed by atoms with E-state index in [1.807, 2.05) is 23.5 Å². The minimum atomic E-state index is 0.910. The van der Waals surface area contributed by atoms with Crippen LogP contribution in [0.4, 0.5) is 17.1 Å². The molecule has 8 aromatic carbocycles. The van der Waals surface area contributed by atoms with Crippen molar-refractivity contribution in [2.24, 2.45) is 0 Å².